The normalized spacial score (nSPS) is 33.4. The topological polar surface area (TPSA) is 37.4 Å². The molecule has 0 aromatic rings. The molecule has 0 N–H and O–H groups in total. The molecule has 4 heteroatoms. The number of nitrogens with zero attached hydrogens (tertiary/aromatic N) is 1. The van der Waals surface area contributed by atoms with Gasteiger partial charge in [0, 0.05) is 12.1 Å². The lowest BCUT2D eigenvalue weighted by Crippen LogP contribution is -2.26. The summed E-state index contributed by atoms with van der Waals surface area (Å²) in [5.41, 5.74) is 0. The van der Waals surface area contributed by atoms with Crippen LogP contribution in [0.2, 0.25) is 0 Å². The van der Waals surface area contributed by atoms with Gasteiger partial charge in [-0.1, -0.05) is 17.7 Å². The van der Waals surface area contributed by atoms with Gasteiger partial charge in [0.15, 0.2) is 0 Å². The van der Waals surface area contributed by atoms with E-state index in [1.165, 1.54) is 11.9 Å². The summed E-state index contributed by atoms with van der Waals surface area (Å²) in [6, 6.07) is 0. The predicted octanol–water partition coefficient (Wildman–Crippen LogP) is 1.13. The van der Waals surface area contributed by atoms with Gasteiger partial charge in [0.05, 0.1) is 11.8 Å². The van der Waals surface area contributed by atoms with E-state index in [1.54, 1.807) is 0 Å². The van der Waals surface area contributed by atoms with Crippen LogP contribution in [0.15, 0.2) is 11.1 Å². The monoisotopic (exact) mass is 199 g/mol. The van der Waals surface area contributed by atoms with Crippen LogP contribution in [0.1, 0.15) is 12.8 Å². The SMILES string of the molecule is CN1C(=O)[C@H]2CC(Cl)=CC[C@H]2C1=O. The van der Waals surface area contributed by atoms with Crippen LogP contribution in [-0.4, -0.2) is 23.8 Å². The highest BCUT2D eigenvalue weighted by molar-refractivity contribution is 6.30. The summed E-state index contributed by atoms with van der Waals surface area (Å²) in [5.74, 6) is -0.494. The Hall–Kier alpha value is -0.830. The Morgan fingerprint density at radius 3 is 2.69 bits per heavy atom. The highest BCUT2D eigenvalue weighted by Gasteiger charge is 2.46. The van der Waals surface area contributed by atoms with Gasteiger partial charge in [0.1, 0.15) is 0 Å². The van der Waals surface area contributed by atoms with E-state index in [2.05, 4.69) is 0 Å². The third kappa shape index (κ3) is 1.18. The first-order valence-electron chi connectivity index (χ1n) is 4.27. The molecule has 0 aromatic carbocycles. The molecule has 1 fully saturated rings. The predicted molar refractivity (Wildman–Crippen MR) is 47.9 cm³/mol. The first kappa shape index (κ1) is 8.75. The number of carbonyl (C=O) groups excluding carboxylic acids is 2. The van der Waals surface area contributed by atoms with Gasteiger partial charge in [-0.2, -0.15) is 0 Å². The third-order valence-electron chi connectivity index (χ3n) is 2.79. The number of allylic oxidation sites excluding steroid dienone is 2. The highest BCUT2D eigenvalue weighted by Crippen LogP contribution is 2.37. The van der Waals surface area contributed by atoms with Crippen LogP contribution in [-0.2, 0) is 9.59 Å². The molecule has 13 heavy (non-hydrogen) atoms. The van der Waals surface area contributed by atoms with Gasteiger partial charge in [-0.3, -0.25) is 14.5 Å². The zero-order valence-electron chi connectivity index (χ0n) is 7.29. The van der Waals surface area contributed by atoms with Crippen LogP contribution < -0.4 is 0 Å². The van der Waals surface area contributed by atoms with E-state index in [0.717, 1.165) is 0 Å². The smallest absolute Gasteiger partial charge is 0.233 e. The lowest BCUT2D eigenvalue weighted by atomic mass is 9.85. The van der Waals surface area contributed by atoms with E-state index in [1.807, 2.05) is 6.08 Å². The van der Waals surface area contributed by atoms with Crippen LogP contribution in [0.3, 0.4) is 0 Å². The second kappa shape index (κ2) is 2.84. The molecule has 70 valence electrons. The van der Waals surface area contributed by atoms with Crippen LogP contribution in [0.5, 0.6) is 0 Å². The molecule has 2 rings (SSSR count). The van der Waals surface area contributed by atoms with E-state index in [-0.39, 0.29) is 23.7 Å². The zero-order valence-corrected chi connectivity index (χ0v) is 8.04. The fourth-order valence-electron chi connectivity index (χ4n) is 1.99. The van der Waals surface area contributed by atoms with Gasteiger partial charge in [-0.25, -0.2) is 0 Å². The van der Waals surface area contributed by atoms with Gasteiger partial charge in [0.25, 0.3) is 0 Å². The number of hydrogen-bond acceptors (Lipinski definition) is 2. The fraction of sp³-hybridized carbons (Fsp3) is 0.556. The summed E-state index contributed by atoms with van der Waals surface area (Å²) in [6.45, 7) is 0. The minimum absolute atomic E-state index is 0.0598. The number of halogens is 1. The number of hydrogen-bond donors (Lipinski definition) is 0. The quantitative estimate of drug-likeness (QED) is 0.549. The molecule has 1 saturated heterocycles. The van der Waals surface area contributed by atoms with Crippen LogP contribution in [0.25, 0.3) is 0 Å². The Balaban J connectivity index is 2.30. The van der Waals surface area contributed by atoms with E-state index in [9.17, 15) is 9.59 Å². The van der Waals surface area contributed by atoms with E-state index in [0.29, 0.717) is 17.9 Å². The van der Waals surface area contributed by atoms with Crippen molar-refractivity contribution in [2.45, 2.75) is 12.8 Å². The molecule has 2 atom stereocenters. The number of amides is 2. The molecule has 3 nitrogen and oxygen atoms in total. The Morgan fingerprint density at radius 2 is 2.00 bits per heavy atom. The van der Waals surface area contributed by atoms with Gasteiger partial charge in [0.2, 0.25) is 11.8 Å². The van der Waals surface area contributed by atoms with Crippen molar-refractivity contribution in [2.75, 3.05) is 7.05 Å². The van der Waals surface area contributed by atoms with Crippen molar-refractivity contribution >= 4 is 23.4 Å². The Morgan fingerprint density at radius 1 is 1.38 bits per heavy atom. The van der Waals surface area contributed by atoms with Gasteiger partial charge < -0.3 is 0 Å². The maximum Gasteiger partial charge on any atom is 0.233 e. The van der Waals surface area contributed by atoms with Crippen LogP contribution >= 0.6 is 11.6 Å². The van der Waals surface area contributed by atoms with Crippen molar-refractivity contribution < 1.29 is 9.59 Å². The fourth-order valence-corrected chi connectivity index (χ4v) is 2.25. The van der Waals surface area contributed by atoms with Crippen molar-refractivity contribution in [3.63, 3.8) is 0 Å². The minimum Gasteiger partial charge on any atom is -0.285 e. The molecule has 0 aromatic heterocycles. The molecule has 1 heterocycles. The average molecular weight is 200 g/mol. The van der Waals surface area contributed by atoms with E-state index >= 15 is 0 Å². The standard InChI is InChI=1S/C9H10ClNO2/c1-11-8(12)6-3-2-5(10)4-7(6)9(11)13/h2,6-7H,3-4H2,1H3/t6-,7+/m1/s1. The minimum atomic E-state index is -0.199. The molecule has 0 bridgehead atoms. The van der Waals surface area contributed by atoms with Gasteiger partial charge in [-0.15, -0.1) is 0 Å². The molecule has 0 unspecified atom stereocenters. The first-order valence-corrected chi connectivity index (χ1v) is 4.65. The summed E-state index contributed by atoms with van der Waals surface area (Å²) in [6.07, 6.45) is 2.98. The van der Waals surface area contributed by atoms with Gasteiger partial charge >= 0.3 is 0 Å². The highest BCUT2D eigenvalue weighted by atomic mass is 35.5. The largest absolute Gasteiger partial charge is 0.285 e. The van der Waals surface area contributed by atoms with Crippen molar-refractivity contribution in [3.05, 3.63) is 11.1 Å². The van der Waals surface area contributed by atoms with Crippen LogP contribution in [0, 0.1) is 11.8 Å². The van der Waals surface area contributed by atoms with Crippen molar-refractivity contribution in [3.8, 4) is 0 Å². The number of imide groups is 1. The Kier molecular flexibility index (Phi) is 1.91. The number of likely N-dealkylation sites (tertiary alicyclic amines) is 1. The molecule has 2 aliphatic rings. The zero-order chi connectivity index (χ0) is 9.59. The number of fused-ring (bicyclic) bond motifs is 1. The van der Waals surface area contributed by atoms with E-state index < -0.39 is 0 Å². The molecular weight excluding hydrogens is 190 g/mol. The molecule has 0 radical (unpaired) electrons. The Bertz CT molecular complexity index is 311. The second-order valence-corrected chi connectivity index (χ2v) is 4.02. The molecule has 1 aliphatic carbocycles. The van der Waals surface area contributed by atoms with Crippen molar-refractivity contribution in [1.29, 1.82) is 0 Å². The molecule has 2 amide bonds. The van der Waals surface area contributed by atoms with Crippen LogP contribution in [0.4, 0.5) is 0 Å². The molecule has 0 spiro atoms. The number of rotatable bonds is 0. The Labute approximate surface area is 81.3 Å². The summed E-state index contributed by atoms with van der Waals surface area (Å²) in [7, 11) is 1.54. The summed E-state index contributed by atoms with van der Waals surface area (Å²) >= 11 is 5.82. The summed E-state index contributed by atoms with van der Waals surface area (Å²) in [5, 5.41) is 0.706. The van der Waals surface area contributed by atoms with E-state index in [4.69, 9.17) is 11.6 Å². The van der Waals surface area contributed by atoms with Crippen molar-refractivity contribution in [2.24, 2.45) is 11.8 Å². The third-order valence-corrected chi connectivity index (χ3v) is 3.10. The molecule has 1 aliphatic heterocycles. The molecule has 0 saturated carbocycles. The summed E-state index contributed by atoms with van der Waals surface area (Å²) < 4.78 is 0. The summed E-state index contributed by atoms with van der Waals surface area (Å²) in [4.78, 5) is 24.2. The van der Waals surface area contributed by atoms with Gasteiger partial charge in [-0.05, 0) is 12.8 Å². The first-order chi connectivity index (χ1) is 6.11. The van der Waals surface area contributed by atoms with Crippen molar-refractivity contribution in [1.82, 2.24) is 4.90 Å². The maximum atomic E-state index is 11.5. The lowest BCUT2D eigenvalue weighted by molar-refractivity contribution is -0.138. The maximum absolute atomic E-state index is 11.5. The second-order valence-electron chi connectivity index (χ2n) is 3.54. The average Bonchev–Trinajstić information content (AvgIpc) is 2.32. The molecular formula is C9H10ClNO2. The number of carbonyl (C=O) groups is 2. The lowest BCUT2D eigenvalue weighted by Gasteiger charge is -2.17.